The number of aryl methyl sites for hydroxylation is 2. The largest absolute Gasteiger partial charge is 0.436 e. The summed E-state index contributed by atoms with van der Waals surface area (Å²) in [4.78, 5) is 0. The molecule has 2 rings (SSSR count). The first-order valence-corrected chi connectivity index (χ1v) is 5.20. The standard InChI is InChI=1S/C11H12ClN3O/c1-6-3-4-8(7(2)5-6)16-11-9(12)10(13)14-15-11/h3-5H,1-2H3,(H3,13,14,15). The van der Waals surface area contributed by atoms with Crippen LogP contribution in [0.1, 0.15) is 11.1 Å². The maximum atomic E-state index is 5.90. The lowest BCUT2D eigenvalue weighted by Gasteiger charge is -2.06. The van der Waals surface area contributed by atoms with Crippen LogP contribution in [0.25, 0.3) is 0 Å². The van der Waals surface area contributed by atoms with Gasteiger partial charge in [-0.2, -0.15) is 0 Å². The van der Waals surface area contributed by atoms with E-state index in [1.54, 1.807) is 0 Å². The molecule has 0 aliphatic carbocycles. The summed E-state index contributed by atoms with van der Waals surface area (Å²) in [5.74, 6) is 1.33. The number of nitrogen functional groups attached to an aromatic ring is 1. The molecule has 0 atom stereocenters. The summed E-state index contributed by atoms with van der Waals surface area (Å²) in [6, 6.07) is 5.87. The fraction of sp³-hybridized carbons (Fsp3) is 0.182. The monoisotopic (exact) mass is 237 g/mol. The van der Waals surface area contributed by atoms with Crippen molar-refractivity contribution in [3.05, 3.63) is 34.3 Å². The molecule has 0 aliphatic heterocycles. The van der Waals surface area contributed by atoms with Gasteiger partial charge in [0.2, 0.25) is 0 Å². The van der Waals surface area contributed by atoms with E-state index in [2.05, 4.69) is 10.2 Å². The minimum atomic E-state index is 0.297. The molecule has 0 spiro atoms. The predicted molar refractivity (Wildman–Crippen MR) is 64.0 cm³/mol. The topological polar surface area (TPSA) is 63.9 Å². The molecule has 0 amide bonds. The van der Waals surface area contributed by atoms with E-state index < -0.39 is 0 Å². The first-order valence-electron chi connectivity index (χ1n) is 4.82. The highest BCUT2D eigenvalue weighted by molar-refractivity contribution is 6.34. The third-order valence-corrected chi connectivity index (χ3v) is 2.60. The molecule has 0 aliphatic rings. The molecule has 16 heavy (non-hydrogen) atoms. The normalized spacial score (nSPS) is 10.4. The lowest BCUT2D eigenvalue weighted by molar-refractivity contribution is 0.458. The number of benzene rings is 1. The third-order valence-electron chi connectivity index (χ3n) is 2.24. The highest BCUT2D eigenvalue weighted by Crippen LogP contribution is 2.32. The molecule has 0 saturated carbocycles. The van der Waals surface area contributed by atoms with E-state index in [4.69, 9.17) is 22.1 Å². The lowest BCUT2D eigenvalue weighted by Crippen LogP contribution is -1.89. The molecule has 1 heterocycles. The summed E-state index contributed by atoms with van der Waals surface area (Å²) in [5.41, 5.74) is 7.73. The zero-order chi connectivity index (χ0) is 11.7. The van der Waals surface area contributed by atoms with Gasteiger partial charge in [-0.05, 0) is 25.5 Å². The lowest BCUT2D eigenvalue weighted by atomic mass is 10.1. The Bertz CT molecular complexity index is 522. The number of anilines is 1. The number of nitrogens with zero attached hydrogens (tertiary/aromatic N) is 1. The second-order valence-corrected chi connectivity index (χ2v) is 4.01. The Labute approximate surface area is 98.4 Å². The number of hydrogen-bond donors (Lipinski definition) is 2. The van der Waals surface area contributed by atoms with Crippen LogP contribution in [0.4, 0.5) is 5.82 Å². The van der Waals surface area contributed by atoms with Crippen LogP contribution in [0.3, 0.4) is 0 Å². The molecule has 0 fully saturated rings. The number of nitrogens with one attached hydrogen (secondary N) is 1. The van der Waals surface area contributed by atoms with E-state index in [0.29, 0.717) is 16.7 Å². The third kappa shape index (κ3) is 1.97. The highest BCUT2D eigenvalue weighted by Gasteiger charge is 2.11. The van der Waals surface area contributed by atoms with Gasteiger partial charge >= 0.3 is 0 Å². The van der Waals surface area contributed by atoms with Crippen molar-refractivity contribution in [2.75, 3.05) is 5.73 Å². The van der Waals surface area contributed by atoms with Crippen molar-refractivity contribution in [3.63, 3.8) is 0 Å². The summed E-state index contributed by atoms with van der Waals surface area (Å²) < 4.78 is 5.56. The van der Waals surface area contributed by atoms with E-state index in [0.717, 1.165) is 11.3 Å². The Balaban J connectivity index is 2.30. The van der Waals surface area contributed by atoms with E-state index in [-0.39, 0.29) is 0 Å². The molecule has 1 aromatic carbocycles. The molecule has 0 radical (unpaired) electrons. The number of halogens is 1. The molecule has 0 unspecified atom stereocenters. The number of H-pyrrole nitrogens is 1. The fourth-order valence-electron chi connectivity index (χ4n) is 1.41. The van der Waals surface area contributed by atoms with Crippen molar-refractivity contribution in [2.45, 2.75) is 13.8 Å². The van der Waals surface area contributed by atoms with Crippen LogP contribution >= 0.6 is 11.6 Å². The fourth-order valence-corrected chi connectivity index (χ4v) is 1.53. The molecule has 2 aromatic rings. The van der Waals surface area contributed by atoms with Gasteiger partial charge in [-0.1, -0.05) is 29.3 Å². The van der Waals surface area contributed by atoms with Crippen molar-refractivity contribution in [1.82, 2.24) is 10.2 Å². The van der Waals surface area contributed by atoms with Crippen molar-refractivity contribution in [2.24, 2.45) is 0 Å². The number of hydrogen-bond acceptors (Lipinski definition) is 3. The van der Waals surface area contributed by atoms with Crippen molar-refractivity contribution < 1.29 is 4.74 Å². The maximum Gasteiger partial charge on any atom is 0.259 e. The van der Waals surface area contributed by atoms with Crippen LogP contribution in [0, 0.1) is 13.8 Å². The van der Waals surface area contributed by atoms with Crippen molar-refractivity contribution in [3.8, 4) is 11.6 Å². The minimum Gasteiger partial charge on any atom is -0.436 e. The first kappa shape index (κ1) is 10.8. The zero-order valence-corrected chi connectivity index (χ0v) is 9.80. The van der Waals surface area contributed by atoms with Gasteiger partial charge in [0.1, 0.15) is 16.6 Å². The number of rotatable bonds is 2. The smallest absolute Gasteiger partial charge is 0.259 e. The summed E-state index contributed by atoms with van der Waals surface area (Å²) >= 11 is 5.90. The Hall–Kier alpha value is -1.68. The van der Waals surface area contributed by atoms with Gasteiger partial charge in [-0.3, -0.25) is 5.10 Å². The quantitative estimate of drug-likeness (QED) is 0.844. The zero-order valence-electron chi connectivity index (χ0n) is 9.04. The average Bonchev–Trinajstić information content (AvgIpc) is 2.54. The van der Waals surface area contributed by atoms with Crippen LogP contribution in [0.2, 0.25) is 5.02 Å². The second-order valence-electron chi connectivity index (χ2n) is 3.63. The molecular weight excluding hydrogens is 226 g/mol. The van der Waals surface area contributed by atoms with Crippen LogP contribution in [0.15, 0.2) is 18.2 Å². The highest BCUT2D eigenvalue weighted by atomic mass is 35.5. The molecule has 4 nitrogen and oxygen atoms in total. The van der Waals surface area contributed by atoms with Gasteiger partial charge in [0.25, 0.3) is 5.88 Å². The molecular formula is C11H12ClN3O. The van der Waals surface area contributed by atoms with E-state index in [9.17, 15) is 0 Å². The number of ether oxygens (including phenoxy) is 1. The van der Waals surface area contributed by atoms with Crippen LogP contribution in [-0.2, 0) is 0 Å². The van der Waals surface area contributed by atoms with Gasteiger partial charge in [0, 0.05) is 0 Å². The number of aromatic amines is 1. The molecule has 3 N–H and O–H groups in total. The minimum absolute atomic E-state index is 0.297. The summed E-state index contributed by atoms with van der Waals surface area (Å²) in [6.45, 7) is 3.99. The Kier molecular flexibility index (Phi) is 2.75. The van der Waals surface area contributed by atoms with Crippen molar-refractivity contribution in [1.29, 1.82) is 0 Å². The summed E-state index contributed by atoms with van der Waals surface area (Å²) in [7, 11) is 0. The molecule has 0 saturated heterocycles. The SMILES string of the molecule is Cc1ccc(Oc2n[nH]c(N)c2Cl)c(C)c1. The molecule has 1 aromatic heterocycles. The van der Waals surface area contributed by atoms with Gasteiger partial charge in [-0.25, -0.2) is 0 Å². The molecule has 5 heteroatoms. The van der Waals surface area contributed by atoms with Gasteiger partial charge in [0.05, 0.1) is 0 Å². The van der Waals surface area contributed by atoms with Gasteiger partial charge < -0.3 is 10.5 Å². The number of nitrogens with two attached hydrogens (primary N) is 1. The van der Waals surface area contributed by atoms with Crippen LogP contribution < -0.4 is 10.5 Å². The summed E-state index contributed by atoms with van der Waals surface area (Å²) in [5, 5.41) is 6.73. The van der Waals surface area contributed by atoms with Crippen molar-refractivity contribution >= 4 is 17.4 Å². The predicted octanol–water partition coefficient (Wildman–Crippen LogP) is 3.05. The van der Waals surface area contributed by atoms with E-state index in [1.165, 1.54) is 5.56 Å². The Morgan fingerprint density at radius 3 is 2.69 bits per heavy atom. The van der Waals surface area contributed by atoms with Crippen LogP contribution in [-0.4, -0.2) is 10.2 Å². The Morgan fingerprint density at radius 1 is 1.38 bits per heavy atom. The van der Waals surface area contributed by atoms with Gasteiger partial charge in [0.15, 0.2) is 0 Å². The first-order chi connectivity index (χ1) is 7.58. The maximum absolute atomic E-state index is 5.90. The summed E-state index contributed by atoms with van der Waals surface area (Å²) in [6.07, 6.45) is 0. The Morgan fingerprint density at radius 2 is 2.12 bits per heavy atom. The number of aromatic nitrogens is 2. The van der Waals surface area contributed by atoms with E-state index in [1.807, 2.05) is 32.0 Å². The molecule has 84 valence electrons. The van der Waals surface area contributed by atoms with Gasteiger partial charge in [-0.15, -0.1) is 5.10 Å². The van der Waals surface area contributed by atoms with E-state index >= 15 is 0 Å². The van der Waals surface area contributed by atoms with Crippen LogP contribution in [0.5, 0.6) is 11.6 Å². The second kappa shape index (κ2) is 4.06. The average molecular weight is 238 g/mol. The molecule has 0 bridgehead atoms.